The number of carbonyl (C=O) groups excluding carboxylic acids is 1. The number of hydrazine groups is 1. The van der Waals surface area contributed by atoms with Crippen LogP contribution in [0.1, 0.15) is 40.0 Å². The average Bonchev–Trinajstić information content (AvgIpc) is 3.40. The van der Waals surface area contributed by atoms with Crippen molar-refractivity contribution in [2.45, 2.75) is 18.5 Å². The second-order valence-electron chi connectivity index (χ2n) is 8.01. The summed E-state index contributed by atoms with van der Waals surface area (Å²) in [6, 6.07) is 28.5. The summed E-state index contributed by atoms with van der Waals surface area (Å²) in [6.07, 6.45) is 1.11. The van der Waals surface area contributed by atoms with Crippen LogP contribution in [0.25, 0.3) is 0 Å². The first-order valence-corrected chi connectivity index (χ1v) is 10.6. The molecule has 0 saturated carbocycles. The Morgan fingerprint density at radius 3 is 1.87 bits per heavy atom. The van der Waals surface area contributed by atoms with E-state index >= 15 is 0 Å². The first-order valence-electron chi connectivity index (χ1n) is 10.6. The van der Waals surface area contributed by atoms with Gasteiger partial charge in [0.05, 0.1) is 25.1 Å². The Hall–Kier alpha value is -2.95. The Labute approximate surface area is 177 Å². The number of rotatable bonds is 5. The van der Waals surface area contributed by atoms with E-state index in [1.54, 1.807) is 7.11 Å². The van der Waals surface area contributed by atoms with E-state index in [0.717, 1.165) is 36.4 Å². The summed E-state index contributed by atoms with van der Waals surface area (Å²) in [4.78, 5) is 13.9. The highest BCUT2D eigenvalue weighted by Crippen LogP contribution is 2.51. The van der Waals surface area contributed by atoms with Gasteiger partial charge in [-0.05, 0) is 29.7 Å². The molecule has 0 aromatic heterocycles. The summed E-state index contributed by atoms with van der Waals surface area (Å²) in [5.41, 5.74) is 3.15. The molecular formula is C26H26N2O2. The van der Waals surface area contributed by atoms with E-state index in [9.17, 15) is 4.79 Å². The minimum atomic E-state index is -0.177. The lowest BCUT2D eigenvalue weighted by Gasteiger charge is -2.27. The van der Waals surface area contributed by atoms with Gasteiger partial charge in [0.1, 0.15) is 5.75 Å². The molecule has 3 aromatic carbocycles. The molecule has 4 nitrogen and oxygen atoms in total. The van der Waals surface area contributed by atoms with Gasteiger partial charge in [-0.1, -0.05) is 72.8 Å². The predicted octanol–water partition coefficient (Wildman–Crippen LogP) is 4.91. The van der Waals surface area contributed by atoms with Crippen LogP contribution < -0.4 is 4.74 Å². The molecule has 2 aliphatic rings. The number of hydrogen-bond donors (Lipinski definition) is 0. The Balaban J connectivity index is 1.63. The maximum atomic E-state index is 13.9. The van der Waals surface area contributed by atoms with Crippen molar-refractivity contribution in [2.24, 2.45) is 5.92 Å². The van der Waals surface area contributed by atoms with Gasteiger partial charge in [-0.3, -0.25) is 4.79 Å². The summed E-state index contributed by atoms with van der Waals surface area (Å²) < 4.78 is 5.36. The molecule has 0 N–H and O–H groups in total. The Kier molecular flexibility index (Phi) is 5.11. The van der Waals surface area contributed by atoms with E-state index in [-0.39, 0.29) is 23.8 Å². The Morgan fingerprint density at radius 2 is 1.30 bits per heavy atom. The van der Waals surface area contributed by atoms with Crippen LogP contribution in [0.15, 0.2) is 84.9 Å². The lowest BCUT2D eigenvalue weighted by atomic mass is 9.80. The molecule has 4 heteroatoms. The van der Waals surface area contributed by atoms with Gasteiger partial charge in [0, 0.05) is 18.7 Å². The largest absolute Gasteiger partial charge is 0.497 e. The summed E-state index contributed by atoms with van der Waals surface area (Å²) in [6.45, 7) is 1.95. The summed E-state index contributed by atoms with van der Waals surface area (Å²) in [7, 11) is 1.68. The first kappa shape index (κ1) is 19.0. The van der Waals surface area contributed by atoms with Crippen LogP contribution in [0.4, 0.5) is 0 Å². The van der Waals surface area contributed by atoms with Crippen molar-refractivity contribution >= 4 is 5.78 Å². The molecule has 0 spiro atoms. The van der Waals surface area contributed by atoms with Crippen LogP contribution in [0.3, 0.4) is 0 Å². The number of benzene rings is 3. The second-order valence-corrected chi connectivity index (χ2v) is 8.01. The van der Waals surface area contributed by atoms with Gasteiger partial charge in [-0.25, -0.2) is 10.0 Å². The van der Waals surface area contributed by atoms with E-state index in [2.05, 4.69) is 46.4 Å². The highest BCUT2D eigenvalue weighted by Gasteiger charge is 2.53. The van der Waals surface area contributed by atoms with Gasteiger partial charge in [0.25, 0.3) is 0 Å². The lowest BCUT2D eigenvalue weighted by molar-refractivity contribution is 0.0252. The first-order chi connectivity index (χ1) is 14.8. The molecule has 0 bridgehead atoms. The molecule has 0 aliphatic carbocycles. The second kappa shape index (κ2) is 8.05. The van der Waals surface area contributed by atoms with Crippen molar-refractivity contribution in [3.8, 4) is 5.75 Å². The fourth-order valence-electron chi connectivity index (χ4n) is 5.08. The molecule has 2 aliphatic heterocycles. The minimum Gasteiger partial charge on any atom is -0.497 e. The van der Waals surface area contributed by atoms with E-state index in [1.165, 1.54) is 5.56 Å². The molecule has 0 unspecified atom stereocenters. The maximum absolute atomic E-state index is 13.9. The smallest absolute Gasteiger partial charge is 0.169 e. The molecule has 2 fully saturated rings. The lowest BCUT2D eigenvalue weighted by Crippen LogP contribution is -2.32. The monoisotopic (exact) mass is 398 g/mol. The normalized spacial score (nSPS) is 24.0. The van der Waals surface area contributed by atoms with Crippen LogP contribution in [0.2, 0.25) is 0 Å². The number of methoxy groups -OCH3 is 1. The van der Waals surface area contributed by atoms with Crippen molar-refractivity contribution in [2.75, 3.05) is 20.2 Å². The fraction of sp³-hybridized carbons (Fsp3) is 0.269. The quantitative estimate of drug-likeness (QED) is 0.572. The van der Waals surface area contributed by atoms with Crippen LogP contribution in [0.5, 0.6) is 5.75 Å². The number of ether oxygens (including phenoxy) is 1. The van der Waals surface area contributed by atoms with E-state index in [0.29, 0.717) is 0 Å². The number of carbonyl (C=O) groups is 1. The molecule has 2 heterocycles. The molecule has 30 heavy (non-hydrogen) atoms. The highest BCUT2D eigenvalue weighted by atomic mass is 16.5. The average molecular weight is 399 g/mol. The highest BCUT2D eigenvalue weighted by molar-refractivity contribution is 5.99. The summed E-state index contributed by atoms with van der Waals surface area (Å²) in [5.74, 6) is 0.865. The van der Waals surface area contributed by atoms with Crippen molar-refractivity contribution in [3.05, 3.63) is 102 Å². The summed E-state index contributed by atoms with van der Waals surface area (Å²) in [5, 5.41) is 4.85. The van der Waals surface area contributed by atoms with Crippen molar-refractivity contribution < 1.29 is 9.53 Å². The van der Waals surface area contributed by atoms with Crippen LogP contribution in [-0.2, 0) is 0 Å². The third-order valence-electron chi connectivity index (χ3n) is 6.39. The van der Waals surface area contributed by atoms with Crippen LogP contribution in [-0.4, -0.2) is 36.0 Å². The predicted molar refractivity (Wildman–Crippen MR) is 117 cm³/mol. The zero-order chi connectivity index (χ0) is 20.5. The SMILES string of the molecule is COc1ccc([C@H]2[C@H](C(=O)c3ccccc3)[C@@H](c3ccccc3)N3CCCN23)cc1. The minimum absolute atomic E-state index is 0.0105. The zero-order valence-corrected chi connectivity index (χ0v) is 17.1. The zero-order valence-electron chi connectivity index (χ0n) is 17.1. The number of hydrogen-bond acceptors (Lipinski definition) is 4. The van der Waals surface area contributed by atoms with Gasteiger partial charge in [0.2, 0.25) is 0 Å². The van der Waals surface area contributed by atoms with Gasteiger partial charge in [-0.15, -0.1) is 0 Å². The Morgan fingerprint density at radius 1 is 0.767 bits per heavy atom. The van der Waals surface area contributed by atoms with Gasteiger partial charge in [0.15, 0.2) is 5.78 Å². The topological polar surface area (TPSA) is 32.8 Å². The van der Waals surface area contributed by atoms with Gasteiger partial charge in [-0.2, -0.15) is 0 Å². The van der Waals surface area contributed by atoms with E-state index < -0.39 is 0 Å². The molecular weight excluding hydrogens is 372 g/mol. The summed E-state index contributed by atoms with van der Waals surface area (Å²) >= 11 is 0. The van der Waals surface area contributed by atoms with Crippen LogP contribution >= 0.6 is 0 Å². The van der Waals surface area contributed by atoms with Gasteiger partial charge >= 0.3 is 0 Å². The fourth-order valence-corrected chi connectivity index (χ4v) is 5.08. The third kappa shape index (κ3) is 3.22. The molecule has 3 atom stereocenters. The van der Waals surface area contributed by atoms with Gasteiger partial charge < -0.3 is 4.74 Å². The number of nitrogens with zero attached hydrogens (tertiary/aromatic N) is 2. The third-order valence-corrected chi connectivity index (χ3v) is 6.39. The van der Waals surface area contributed by atoms with Crippen molar-refractivity contribution in [1.82, 2.24) is 10.0 Å². The standard InChI is InChI=1S/C26H26N2O2/c1-30-22-15-13-20(14-16-22)25-23(26(29)21-11-6-3-7-12-21)24(19-9-4-2-5-10-19)27-17-8-18-28(25)27/h2-7,9-16,23-25H,8,17-18H2,1H3/t23-,24-,25+/m1/s1. The molecule has 3 aromatic rings. The molecule has 2 saturated heterocycles. The molecule has 0 radical (unpaired) electrons. The molecule has 5 rings (SSSR count). The molecule has 152 valence electrons. The van der Waals surface area contributed by atoms with E-state index in [4.69, 9.17) is 4.74 Å². The Bertz CT molecular complexity index is 1000. The van der Waals surface area contributed by atoms with Crippen molar-refractivity contribution in [3.63, 3.8) is 0 Å². The maximum Gasteiger partial charge on any atom is 0.169 e. The number of fused-ring (bicyclic) bond motifs is 1. The van der Waals surface area contributed by atoms with Crippen LogP contribution in [0, 0.1) is 5.92 Å². The number of Topliss-reactive ketones (excluding diaryl/α,β-unsaturated/α-hetero) is 1. The molecule has 0 amide bonds. The van der Waals surface area contributed by atoms with Crippen molar-refractivity contribution in [1.29, 1.82) is 0 Å². The van der Waals surface area contributed by atoms with E-state index in [1.807, 2.05) is 48.5 Å². The number of ketones is 1.